The number of anilines is 1. The van der Waals surface area contributed by atoms with Crippen LogP contribution >= 0.6 is 23.4 Å². The molecule has 0 aromatic heterocycles. The lowest BCUT2D eigenvalue weighted by Crippen LogP contribution is -2.19. The SMILES string of the molecule is FC(F)Sc1ccc(NC2Cc3ccc(Cl)cc3C2)cc1. The fraction of sp³-hybridized carbons (Fsp3) is 0.250. The van der Waals surface area contributed by atoms with E-state index in [0.717, 1.165) is 23.6 Å². The molecule has 1 unspecified atom stereocenters. The van der Waals surface area contributed by atoms with E-state index in [1.807, 2.05) is 24.3 Å². The molecule has 0 amide bonds. The van der Waals surface area contributed by atoms with Crippen molar-refractivity contribution in [1.82, 2.24) is 0 Å². The molecule has 1 aliphatic rings. The Hall–Kier alpha value is -1.26. The van der Waals surface area contributed by atoms with Crippen molar-refractivity contribution in [2.75, 3.05) is 5.32 Å². The maximum Gasteiger partial charge on any atom is 0.288 e. The van der Waals surface area contributed by atoms with Crippen LogP contribution in [0.25, 0.3) is 0 Å². The fourth-order valence-electron chi connectivity index (χ4n) is 2.66. The van der Waals surface area contributed by atoms with Gasteiger partial charge in [0.1, 0.15) is 0 Å². The number of hydrogen-bond donors (Lipinski definition) is 1. The van der Waals surface area contributed by atoms with Crippen molar-refractivity contribution >= 4 is 29.1 Å². The maximum atomic E-state index is 12.3. The van der Waals surface area contributed by atoms with Crippen molar-refractivity contribution in [3.05, 3.63) is 58.6 Å². The monoisotopic (exact) mass is 325 g/mol. The van der Waals surface area contributed by atoms with Crippen LogP contribution in [0.2, 0.25) is 5.02 Å². The normalized spacial score (nSPS) is 17.0. The number of nitrogens with one attached hydrogen (secondary N) is 1. The molecule has 0 fully saturated rings. The summed E-state index contributed by atoms with van der Waals surface area (Å²) in [5.74, 6) is -2.38. The van der Waals surface area contributed by atoms with E-state index in [0.29, 0.717) is 22.7 Å². The molecule has 1 atom stereocenters. The molecule has 0 saturated carbocycles. The minimum Gasteiger partial charge on any atom is -0.382 e. The van der Waals surface area contributed by atoms with E-state index in [9.17, 15) is 8.78 Å². The van der Waals surface area contributed by atoms with E-state index in [1.165, 1.54) is 11.1 Å². The van der Waals surface area contributed by atoms with Gasteiger partial charge in [-0.2, -0.15) is 8.78 Å². The van der Waals surface area contributed by atoms with Gasteiger partial charge in [-0.3, -0.25) is 0 Å². The predicted molar refractivity (Wildman–Crippen MR) is 84.6 cm³/mol. The Morgan fingerprint density at radius 2 is 1.76 bits per heavy atom. The van der Waals surface area contributed by atoms with Gasteiger partial charge in [-0.15, -0.1) is 0 Å². The van der Waals surface area contributed by atoms with E-state index in [1.54, 1.807) is 12.1 Å². The second-order valence-corrected chi connectivity index (χ2v) is 6.57. The summed E-state index contributed by atoms with van der Waals surface area (Å²) in [5, 5.41) is 4.21. The first-order valence-electron chi connectivity index (χ1n) is 6.69. The topological polar surface area (TPSA) is 12.0 Å². The molecule has 5 heteroatoms. The number of fused-ring (bicyclic) bond motifs is 1. The molecular weight excluding hydrogens is 312 g/mol. The third-order valence-electron chi connectivity index (χ3n) is 3.55. The van der Waals surface area contributed by atoms with Crippen LogP contribution in [0, 0.1) is 0 Å². The smallest absolute Gasteiger partial charge is 0.288 e. The van der Waals surface area contributed by atoms with Crippen LogP contribution < -0.4 is 5.32 Å². The van der Waals surface area contributed by atoms with Gasteiger partial charge in [0.2, 0.25) is 0 Å². The Morgan fingerprint density at radius 3 is 2.48 bits per heavy atom. The van der Waals surface area contributed by atoms with E-state index in [4.69, 9.17) is 11.6 Å². The van der Waals surface area contributed by atoms with Gasteiger partial charge < -0.3 is 5.32 Å². The summed E-state index contributed by atoms with van der Waals surface area (Å²) in [5.41, 5.74) is 3.56. The van der Waals surface area contributed by atoms with Crippen molar-refractivity contribution in [2.24, 2.45) is 0 Å². The summed E-state index contributed by atoms with van der Waals surface area (Å²) < 4.78 is 24.5. The number of hydrogen-bond acceptors (Lipinski definition) is 2. The standard InChI is InChI=1S/C16H14ClF2NS/c17-12-2-1-10-8-14(9-11(10)7-12)20-13-3-5-15(6-4-13)21-16(18)19/h1-7,14,16,20H,8-9H2. The second-order valence-electron chi connectivity index (χ2n) is 5.07. The zero-order valence-corrected chi connectivity index (χ0v) is 12.7. The van der Waals surface area contributed by atoms with Crippen LogP contribution in [-0.2, 0) is 12.8 Å². The molecule has 2 aromatic rings. The van der Waals surface area contributed by atoms with Gasteiger partial charge in [0, 0.05) is 21.6 Å². The van der Waals surface area contributed by atoms with Crippen LogP contribution in [0.5, 0.6) is 0 Å². The molecule has 0 aliphatic heterocycles. The molecule has 2 aromatic carbocycles. The molecule has 1 N–H and O–H groups in total. The second kappa shape index (κ2) is 6.24. The lowest BCUT2D eigenvalue weighted by atomic mass is 10.1. The molecule has 0 radical (unpaired) electrons. The van der Waals surface area contributed by atoms with E-state index in [-0.39, 0.29) is 0 Å². The predicted octanol–water partition coefficient (Wildman–Crippen LogP) is 5.23. The van der Waals surface area contributed by atoms with Gasteiger partial charge in [-0.05, 0) is 60.4 Å². The van der Waals surface area contributed by atoms with Gasteiger partial charge in [-0.25, -0.2) is 0 Å². The van der Waals surface area contributed by atoms with Crippen LogP contribution in [0.3, 0.4) is 0 Å². The van der Waals surface area contributed by atoms with Crippen molar-refractivity contribution in [3.8, 4) is 0 Å². The summed E-state index contributed by atoms with van der Waals surface area (Å²) in [6.07, 6.45) is 1.89. The van der Waals surface area contributed by atoms with Crippen molar-refractivity contribution in [2.45, 2.75) is 29.5 Å². The van der Waals surface area contributed by atoms with E-state index >= 15 is 0 Å². The Kier molecular flexibility index (Phi) is 4.36. The van der Waals surface area contributed by atoms with Gasteiger partial charge in [-0.1, -0.05) is 29.4 Å². The molecule has 1 aliphatic carbocycles. The highest BCUT2D eigenvalue weighted by atomic mass is 35.5. The summed E-state index contributed by atoms with van der Waals surface area (Å²) in [7, 11) is 0. The quantitative estimate of drug-likeness (QED) is 0.772. The summed E-state index contributed by atoms with van der Waals surface area (Å²) in [4.78, 5) is 0.581. The van der Waals surface area contributed by atoms with Crippen LogP contribution in [-0.4, -0.2) is 11.8 Å². The maximum absolute atomic E-state index is 12.3. The Morgan fingerprint density at radius 1 is 1.05 bits per heavy atom. The number of halogens is 3. The summed E-state index contributed by atoms with van der Waals surface area (Å²) in [6, 6.07) is 13.5. The third-order valence-corrected chi connectivity index (χ3v) is 4.51. The van der Waals surface area contributed by atoms with Crippen LogP contribution in [0.1, 0.15) is 11.1 Å². The molecular formula is C16H14ClF2NS. The molecule has 0 bridgehead atoms. The van der Waals surface area contributed by atoms with Gasteiger partial charge >= 0.3 is 0 Å². The summed E-state index contributed by atoms with van der Waals surface area (Å²) >= 11 is 6.57. The van der Waals surface area contributed by atoms with E-state index < -0.39 is 5.76 Å². The minimum absolute atomic E-state index is 0.326. The van der Waals surface area contributed by atoms with Gasteiger partial charge in [0.05, 0.1) is 0 Å². The zero-order chi connectivity index (χ0) is 14.8. The van der Waals surface area contributed by atoms with Crippen LogP contribution in [0.4, 0.5) is 14.5 Å². The molecule has 110 valence electrons. The molecule has 0 spiro atoms. The molecule has 3 rings (SSSR count). The minimum atomic E-state index is -2.38. The highest BCUT2D eigenvalue weighted by Gasteiger charge is 2.21. The fourth-order valence-corrected chi connectivity index (χ4v) is 3.35. The number of benzene rings is 2. The number of rotatable bonds is 4. The largest absolute Gasteiger partial charge is 0.382 e. The average molecular weight is 326 g/mol. The molecule has 1 nitrogen and oxygen atoms in total. The van der Waals surface area contributed by atoms with Gasteiger partial charge in [0.15, 0.2) is 0 Å². The Bertz CT molecular complexity index is 631. The lowest BCUT2D eigenvalue weighted by Gasteiger charge is -2.14. The first kappa shape index (κ1) is 14.7. The van der Waals surface area contributed by atoms with Crippen molar-refractivity contribution < 1.29 is 8.78 Å². The first-order chi connectivity index (χ1) is 10.1. The van der Waals surface area contributed by atoms with Crippen molar-refractivity contribution in [3.63, 3.8) is 0 Å². The van der Waals surface area contributed by atoms with Crippen molar-refractivity contribution in [1.29, 1.82) is 0 Å². The zero-order valence-electron chi connectivity index (χ0n) is 11.2. The number of alkyl halides is 2. The van der Waals surface area contributed by atoms with E-state index in [2.05, 4.69) is 11.4 Å². The van der Waals surface area contributed by atoms with Crippen LogP contribution in [0.15, 0.2) is 47.4 Å². The first-order valence-corrected chi connectivity index (χ1v) is 7.94. The molecule has 0 saturated heterocycles. The highest BCUT2D eigenvalue weighted by Crippen LogP contribution is 2.29. The highest BCUT2D eigenvalue weighted by molar-refractivity contribution is 7.99. The lowest BCUT2D eigenvalue weighted by molar-refractivity contribution is 0.252. The Labute approximate surface area is 131 Å². The molecule has 21 heavy (non-hydrogen) atoms. The number of thioether (sulfide) groups is 1. The summed E-state index contributed by atoms with van der Waals surface area (Å²) in [6.45, 7) is 0. The van der Waals surface area contributed by atoms with Gasteiger partial charge in [0.25, 0.3) is 5.76 Å². The Balaban J connectivity index is 1.63. The average Bonchev–Trinajstić information content (AvgIpc) is 2.82. The third kappa shape index (κ3) is 3.69. The molecule has 0 heterocycles.